The predicted octanol–water partition coefficient (Wildman–Crippen LogP) is 5.68. The van der Waals surface area contributed by atoms with Crippen molar-refractivity contribution >= 4 is 46.3 Å². The summed E-state index contributed by atoms with van der Waals surface area (Å²) >= 11 is 6.93. The van der Waals surface area contributed by atoms with Crippen molar-refractivity contribution in [2.45, 2.75) is 6.92 Å². The summed E-state index contributed by atoms with van der Waals surface area (Å²) in [7, 11) is 0. The van der Waals surface area contributed by atoms with Crippen molar-refractivity contribution in [1.82, 2.24) is 4.57 Å². The Labute approximate surface area is 166 Å². The van der Waals surface area contributed by atoms with Gasteiger partial charge in [0.05, 0.1) is 10.6 Å². The van der Waals surface area contributed by atoms with E-state index in [4.69, 9.17) is 11.6 Å². The first kappa shape index (κ1) is 17.6. The number of anilines is 1. The molecule has 0 atom stereocenters. The zero-order valence-corrected chi connectivity index (χ0v) is 16.0. The Morgan fingerprint density at radius 1 is 1.00 bits per heavy atom. The highest BCUT2D eigenvalue weighted by Gasteiger charge is 2.36. The zero-order chi connectivity index (χ0) is 19.0. The molecule has 0 unspecified atom stereocenters. The molecule has 0 N–H and O–H groups in total. The van der Waals surface area contributed by atoms with Crippen LogP contribution in [0.15, 0.2) is 71.8 Å². The molecule has 1 aliphatic heterocycles. The van der Waals surface area contributed by atoms with Crippen LogP contribution in [0.2, 0.25) is 5.02 Å². The number of thioether (sulfide) groups is 1. The molecule has 134 valence electrons. The van der Waals surface area contributed by atoms with E-state index in [0.29, 0.717) is 15.6 Å². The van der Waals surface area contributed by atoms with Gasteiger partial charge in [-0.25, -0.2) is 4.90 Å². The number of halogens is 1. The minimum absolute atomic E-state index is 0.331. The highest BCUT2D eigenvalue weighted by Crippen LogP contribution is 2.36. The summed E-state index contributed by atoms with van der Waals surface area (Å²) in [6.07, 6.45) is 3.69. The lowest BCUT2D eigenvalue weighted by Crippen LogP contribution is -2.27. The number of amides is 2. The second-order valence-electron chi connectivity index (χ2n) is 6.09. The fourth-order valence-electron chi connectivity index (χ4n) is 3.00. The maximum Gasteiger partial charge on any atom is 0.298 e. The molecule has 4 nitrogen and oxygen atoms in total. The average Bonchev–Trinajstić information content (AvgIpc) is 3.20. The first-order chi connectivity index (χ1) is 13.0. The van der Waals surface area contributed by atoms with Gasteiger partial charge in [0.25, 0.3) is 11.1 Å². The highest BCUT2D eigenvalue weighted by atomic mass is 35.5. The summed E-state index contributed by atoms with van der Waals surface area (Å²) in [6, 6.07) is 18.6. The van der Waals surface area contributed by atoms with Crippen molar-refractivity contribution in [2.75, 3.05) is 4.90 Å². The van der Waals surface area contributed by atoms with E-state index < -0.39 is 0 Å². The smallest absolute Gasteiger partial charge is 0.298 e. The fraction of sp³-hybridized carbons (Fsp3) is 0.0476. The van der Waals surface area contributed by atoms with Gasteiger partial charge in [0.15, 0.2) is 0 Å². The molecule has 2 heterocycles. The van der Waals surface area contributed by atoms with Crippen LogP contribution in [0.4, 0.5) is 10.5 Å². The van der Waals surface area contributed by atoms with Gasteiger partial charge >= 0.3 is 0 Å². The van der Waals surface area contributed by atoms with Gasteiger partial charge in [-0.3, -0.25) is 9.59 Å². The predicted molar refractivity (Wildman–Crippen MR) is 110 cm³/mol. The number of hydrogen-bond acceptors (Lipinski definition) is 3. The quantitative estimate of drug-likeness (QED) is 0.536. The Hall–Kier alpha value is -2.76. The van der Waals surface area contributed by atoms with Crippen molar-refractivity contribution < 1.29 is 9.59 Å². The second kappa shape index (κ2) is 7.10. The third kappa shape index (κ3) is 3.31. The van der Waals surface area contributed by atoms with E-state index in [1.807, 2.05) is 54.1 Å². The van der Waals surface area contributed by atoms with E-state index in [9.17, 15) is 9.59 Å². The molecule has 2 amide bonds. The van der Waals surface area contributed by atoms with Gasteiger partial charge in [-0.1, -0.05) is 35.9 Å². The number of rotatable bonds is 3. The summed E-state index contributed by atoms with van der Waals surface area (Å²) in [5, 5.41) is 0.145. The molecule has 0 radical (unpaired) electrons. The number of nitrogens with zero attached hydrogens (tertiary/aromatic N) is 2. The minimum atomic E-state index is -0.343. The fourth-order valence-corrected chi connectivity index (χ4v) is 4.02. The normalized spacial score (nSPS) is 15.8. The molecule has 6 heteroatoms. The maximum absolute atomic E-state index is 12.8. The minimum Gasteiger partial charge on any atom is -0.317 e. The highest BCUT2D eigenvalue weighted by molar-refractivity contribution is 8.19. The Morgan fingerprint density at radius 3 is 2.59 bits per heavy atom. The van der Waals surface area contributed by atoms with E-state index in [-0.39, 0.29) is 11.1 Å². The number of aryl methyl sites for hydroxylation is 1. The SMILES string of the molecule is Cc1ccccc1-n1cccc1/C=C1/SC(=O)N(c2cccc(Cl)c2)C1=O. The largest absolute Gasteiger partial charge is 0.317 e. The van der Waals surface area contributed by atoms with Crippen molar-refractivity contribution in [3.05, 3.63) is 88.0 Å². The van der Waals surface area contributed by atoms with Crippen molar-refractivity contribution in [1.29, 1.82) is 0 Å². The molecule has 4 rings (SSSR count). The molecule has 1 saturated heterocycles. The van der Waals surface area contributed by atoms with Crippen LogP contribution in [-0.2, 0) is 4.79 Å². The van der Waals surface area contributed by atoms with Crippen molar-refractivity contribution in [3.8, 4) is 5.69 Å². The zero-order valence-electron chi connectivity index (χ0n) is 14.4. The van der Waals surface area contributed by atoms with Crippen LogP contribution in [0.1, 0.15) is 11.3 Å². The van der Waals surface area contributed by atoms with E-state index >= 15 is 0 Å². The Balaban J connectivity index is 1.71. The summed E-state index contributed by atoms with van der Waals surface area (Å²) < 4.78 is 2.00. The van der Waals surface area contributed by atoms with Crippen LogP contribution >= 0.6 is 23.4 Å². The lowest BCUT2D eigenvalue weighted by atomic mass is 10.2. The Morgan fingerprint density at radius 2 is 1.81 bits per heavy atom. The monoisotopic (exact) mass is 394 g/mol. The number of imide groups is 1. The Kier molecular flexibility index (Phi) is 4.64. The first-order valence-electron chi connectivity index (χ1n) is 8.31. The summed E-state index contributed by atoms with van der Waals surface area (Å²) in [5.41, 5.74) is 3.46. The lowest BCUT2D eigenvalue weighted by Gasteiger charge is -2.12. The first-order valence-corrected chi connectivity index (χ1v) is 9.51. The molecular weight excluding hydrogens is 380 g/mol. The van der Waals surface area contributed by atoms with Gasteiger partial charge in [0, 0.05) is 22.6 Å². The van der Waals surface area contributed by atoms with Crippen LogP contribution < -0.4 is 4.90 Å². The maximum atomic E-state index is 12.8. The van der Waals surface area contributed by atoms with Gasteiger partial charge < -0.3 is 4.57 Å². The topological polar surface area (TPSA) is 42.3 Å². The van der Waals surface area contributed by atoms with Gasteiger partial charge in [0.2, 0.25) is 0 Å². The van der Waals surface area contributed by atoms with Gasteiger partial charge in [-0.15, -0.1) is 0 Å². The van der Waals surface area contributed by atoms with Crippen molar-refractivity contribution in [3.63, 3.8) is 0 Å². The third-order valence-corrected chi connectivity index (χ3v) is 5.40. The second-order valence-corrected chi connectivity index (χ2v) is 7.52. The molecule has 1 fully saturated rings. The number of carbonyl (C=O) groups is 2. The van der Waals surface area contributed by atoms with Gasteiger partial charge in [-0.2, -0.15) is 0 Å². The van der Waals surface area contributed by atoms with E-state index in [1.54, 1.807) is 30.3 Å². The molecule has 0 bridgehead atoms. The van der Waals surface area contributed by atoms with Gasteiger partial charge in [0.1, 0.15) is 0 Å². The van der Waals surface area contributed by atoms with Gasteiger partial charge in [-0.05, 0) is 66.7 Å². The van der Waals surface area contributed by atoms with E-state index in [0.717, 1.165) is 33.6 Å². The molecule has 3 aromatic rings. The van der Waals surface area contributed by atoms with Crippen LogP contribution in [0.25, 0.3) is 11.8 Å². The molecule has 1 aliphatic rings. The molecule has 27 heavy (non-hydrogen) atoms. The number of para-hydroxylation sites is 1. The number of carbonyl (C=O) groups excluding carboxylic acids is 2. The summed E-state index contributed by atoms with van der Waals surface area (Å²) in [6.45, 7) is 2.03. The number of aromatic nitrogens is 1. The van der Waals surface area contributed by atoms with Crippen LogP contribution in [0.3, 0.4) is 0 Å². The molecule has 0 spiro atoms. The molecule has 0 aliphatic carbocycles. The number of hydrogen-bond donors (Lipinski definition) is 0. The number of benzene rings is 2. The third-order valence-electron chi connectivity index (χ3n) is 4.29. The van der Waals surface area contributed by atoms with Crippen molar-refractivity contribution in [2.24, 2.45) is 0 Å². The van der Waals surface area contributed by atoms with Crippen LogP contribution in [-0.4, -0.2) is 15.7 Å². The summed E-state index contributed by atoms with van der Waals surface area (Å²) in [5.74, 6) is -0.343. The molecular formula is C21H15ClN2O2S. The van der Waals surface area contributed by atoms with Crippen LogP contribution in [0, 0.1) is 6.92 Å². The lowest BCUT2D eigenvalue weighted by molar-refractivity contribution is -0.113. The average molecular weight is 395 g/mol. The standard InChI is InChI=1S/C21H15ClN2O2S/c1-14-6-2-3-10-18(14)23-11-5-9-16(23)13-19-20(25)24(21(26)27-19)17-8-4-7-15(22)12-17/h2-13H,1H3/b19-13+. The van der Waals surface area contributed by atoms with E-state index in [2.05, 4.69) is 0 Å². The summed E-state index contributed by atoms with van der Waals surface area (Å²) in [4.78, 5) is 26.8. The molecule has 0 saturated carbocycles. The van der Waals surface area contributed by atoms with E-state index in [1.165, 1.54) is 0 Å². The molecule has 1 aromatic heterocycles. The molecule has 2 aromatic carbocycles. The van der Waals surface area contributed by atoms with Crippen LogP contribution in [0.5, 0.6) is 0 Å². The Bertz CT molecular complexity index is 1090.